The van der Waals surface area contributed by atoms with Crippen LogP contribution in [0.15, 0.2) is 35.1 Å². The summed E-state index contributed by atoms with van der Waals surface area (Å²) in [6.07, 6.45) is 11.3. The van der Waals surface area contributed by atoms with Gasteiger partial charge in [0.2, 0.25) is 0 Å². The van der Waals surface area contributed by atoms with Gasteiger partial charge in [-0.15, -0.1) is 0 Å². The first-order valence-electron chi connectivity index (χ1n) is 8.42. The van der Waals surface area contributed by atoms with E-state index in [1.54, 1.807) is 0 Å². The van der Waals surface area contributed by atoms with Crippen molar-refractivity contribution in [3.63, 3.8) is 0 Å². The van der Waals surface area contributed by atoms with Gasteiger partial charge >= 0.3 is 0 Å². The average molecular weight is 285 g/mol. The predicted molar refractivity (Wildman–Crippen MR) is 90.9 cm³/mol. The topological polar surface area (TPSA) is 32.9 Å². The van der Waals surface area contributed by atoms with E-state index in [2.05, 4.69) is 24.0 Å². The number of hydrogen-bond donors (Lipinski definition) is 1. The van der Waals surface area contributed by atoms with E-state index in [0.29, 0.717) is 0 Å². The zero-order chi connectivity index (χ0) is 14.9. The van der Waals surface area contributed by atoms with Gasteiger partial charge in [0.25, 0.3) is 5.56 Å². The van der Waals surface area contributed by atoms with Crippen molar-refractivity contribution in [1.82, 2.24) is 4.98 Å². The number of para-hydroxylation sites is 1. The smallest absolute Gasteiger partial charge is 0.251 e. The molecule has 0 atom stereocenters. The molecule has 2 rings (SSSR count). The molecule has 2 heteroatoms. The first-order chi connectivity index (χ1) is 10.3. The van der Waals surface area contributed by atoms with Gasteiger partial charge in [-0.2, -0.15) is 0 Å². The number of aromatic amines is 1. The van der Waals surface area contributed by atoms with Crippen molar-refractivity contribution in [1.29, 1.82) is 0 Å². The normalized spacial score (nSPS) is 11.1. The van der Waals surface area contributed by atoms with Crippen LogP contribution in [-0.4, -0.2) is 4.98 Å². The van der Waals surface area contributed by atoms with Crippen LogP contribution < -0.4 is 5.56 Å². The third-order valence-electron chi connectivity index (χ3n) is 4.13. The van der Waals surface area contributed by atoms with Crippen molar-refractivity contribution in [3.05, 3.63) is 46.2 Å². The Hall–Kier alpha value is -1.57. The number of nitrogens with one attached hydrogen (secondary N) is 1. The second-order valence-corrected chi connectivity index (χ2v) is 5.94. The van der Waals surface area contributed by atoms with Crippen molar-refractivity contribution in [3.8, 4) is 0 Å². The van der Waals surface area contributed by atoms with Gasteiger partial charge in [-0.05, 0) is 30.4 Å². The number of aromatic nitrogens is 1. The third kappa shape index (κ3) is 5.04. The molecule has 21 heavy (non-hydrogen) atoms. The molecule has 0 saturated carbocycles. The minimum Gasteiger partial charge on any atom is -0.322 e. The van der Waals surface area contributed by atoms with E-state index in [4.69, 9.17) is 0 Å². The summed E-state index contributed by atoms with van der Waals surface area (Å²) in [4.78, 5) is 15.0. The molecule has 2 aromatic rings. The Kier molecular flexibility index (Phi) is 6.52. The van der Waals surface area contributed by atoms with Crippen LogP contribution in [0.25, 0.3) is 10.9 Å². The Balaban J connectivity index is 1.76. The molecule has 0 fully saturated rings. The molecule has 0 saturated heterocycles. The van der Waals surface area contributed by atoms with E-state index in [9.17, 15) is 4.79 Å². The first-order valence-corrected chi connectivity index (χ1v) is 8.42. The Morgan fingerprint density at radius 2 is 1.57 bits per heavy atom. The van der Waals surface area contributed by atoms with Crippen LogP contribution in [0.2, 0.25) is 0 Å². The maximum Gasteiger partial charge on any atom is 0.251 e. The number of hydrogen-bond acceptors (Lipinski definition) is 1. The Morgan fingerprint density at radius 1 is 0.905 bits per heavy atom. The fourth-order valence-corrected chi connectivity index (χ4v) is 2.83. The first kappa shape index (κ1) is 15.8. The van der Waals surface area contributed by atoms with Crippen LogP contribution in [0.4, 0.5) is 0 Å². The molecule has 114 valence electrons. The molecule has 0 aliphatic rings. The van der Waals surface area contributed by atoms with Crippen LogP contribution in [0.1, 0.15) is 63.9 Å². The van der Waals surface area contributed by atoms with Crippen LogP contribution in [0, 0.1) is 0 Å². The Labute approximate surface area is 127 Å². The molecule has 0 aliphatic heterocycles. The van der Waals surface area contributed by atoms with Gasteiger partial charge in [-0.25, -0.2) is 0 Å². The Bertz CT molecular complexity index is 600. The van der Waals surface area contributed by atoms with Crippen LogP contribution in [0.3, 0.4) is 0 Å². The SMILES string of the molecule is CCCCCCCCCCc1cc2ccccc2[nH]c1=O. The van der Waals surface area contributed by atoms with Crippen molar-refractivity contribution >= 4 is 10.9 Å². The number of benzene rings is 1. The molecular formula is C19H27NO. The molecule has 0 amide bonds. The quantitative estimate of drug-likeness (QED) is 0.630. The van der Waals surface area contributed by atoms with Gasteiger partial charge < -0.3 is 4.98 Å². The molecule has 0 spiro atoms. The van der Waals surface area contributed by atoms with E-state index in [-0.39, 0.29) is 5.56 Å². The number of pyridine rings is 1. The summed E-state index contributed by atoms with van der Waals surface area (Å²) in [5.41, 5.74) is 1.94. The lowest BCUT2D eigenvalue weighted by Gasteiger charge is -2.04. The summed E-state index contributed by atoms with van der Waals surface area (Å²) in [7, 11) is 0. The van der Waals surface area contributed by atoms with Gasteiger partial charge in [0, 0.05) is 11.1 Å². The predicted octanol–water partition coefficient (Wildman–Crippen LogP) is 5.21. The highest BCUT2D eigenvalue weighted by Crippen LogP contribution is 2.13. The van der Waals surface area contributed by atoms with E-state index < -0.39 is 0 Å². The molecule has 1 aromatic heterocycles. The number of rotatable bonds is 9. The molecule has 1 aromatic carbocycles. The highest BCUT2D eigenvalue weighted by atomic mass is 16.1. The Morgan fingerprint density at radius 3 is 2.33 bits per heavy atom. The largest absolute Gasteiger partial charge is 0.322 e. The zero-order valence-electron chi connectivity index (χ0n) is 13.2. The van der Waals surface area contributed by atoms with E-state index >= 15 is 0 Å². The molecule has 0 bridgehead atoms. The minimum atomic E-state index is 0.0802. The standard InChI is InChI=1S/C19H27NO/c1-2-3-4-5-6-7-8-9-13-17-15-16-12-10-11-14-18(16)20-19(17)21/h10-12,14-15H,2-9,13H2,1H3,(H,20,21). The number of unbranched alkanes of at least 4 members (excludes halogenated alkanes) is 7. The van der Waals surface area contributed by atoms with Crippen LogP contribution in [0.5, 0.6) is 0 Å². The summed E-state index contributed by atoms with van der Waals surface area (Å²) in [5.74, 6) is 0. The fourth-order valence-electron chi connectivity index (χ4n) is 2.83. The number of fused-ring (bicyclic) bond motifs is 1. The minimum absolute atomic E-state index is 0.0802. The lowest BCUT2D eigenvalue weighted by Crippen LogP contribution is -2.12. The molecule has 1 N–H and O–H groups in total. The highest BCUT2D eigenvalue weighted by Gasteiger charge is 2.02. The van der Waals surface area contributed by atoms with Gasteiger partial charge in [0.15, 0.2) is 0 Å². The maximum absolute atomic E-state index is 12.0. The van der Waals surface area contributed by atoms with Crippen molar-refractivity contribution in [2.24, 2.45) is 0 Å². The van der Waals surface area contributed by atoms with E-state index in [1.165, 1.54) is 44.9 Å². The van der Waals surface area contributed by atoms with Gasteiger partial charge in [-0.3, -0.25) is 4.79 Å². The highest BCUT2D eigenvalue weighted by molar-refractivity contribution is 5.78. The lowest BCUT2D eigenvalue weighted by molar-refractivity contribution is 0.575. The van der Waals surface area contributed by atoms with Crippen LogP contribution >= 0.6 is 0 Å². The summed E-state index contributed by atoms with van der Waals surface area (Å²) in [6.45, 7) is 2.25. The summed E-state index contributed by atoms with van der Waals surface area (Å²) in [6, 6.07) is 10.0. The number of aryl methyl sites for hydroxylation is 1. The lowest BCUT2D eigenvalue weighted by atomic mass is 10.0. The van der Waals surface area contributed by atoms with Crippen molar-refractivity contribution in [2.75, 3.05) is 0 Å². The van der Waals surface area contributed by atoms with Gasteiger partial charge in [0.1, 0.15) is 0 Å². The average Bonchev–Trinajstić information content (AvgIpc) is 2.50. The second-order valence-electron chi connectivity index (χ2n) is 5.94. The molecule has 0 aliphatic carbocycles. The second kappa shape index (κ2) is 8.66. The number of H-pyrrole nitrogens is 1. The van der Waals surface area contributed by atoms with Crippen LogP contribution in [-0.2, 0) is 6.42 Å². The summed E-state index contributed by atoms with van der Waals surface area (Å²) < 4.78 is 0. The molecule has 0 unspecified atom stereocenters. The van der Waals surface area contributed by atoms with Gasteiger partial charge in [-0.1, -0.05) is 70.1 Å². The third-order valence-corrected chi connectivity index (χ3v) is 4.13. The molecular weight excluding hydrogens is 258 g/mol. The molecule has 2 nitrogen and oxygen atoms in total. The van der Waals surface area contributed by atoms with E-state index in [0.717, 1.165) is 29.3 Å². The monoisotopic (exact) mass is 285 g/mol. The van der Waals surface area contributed by atoms with Crippen molar-refractivity contribution in [2.45, 2.75) is 64.7 Å². The fraction of sp³-hybridized carbons (Fsp3) is 0.526. The summed E-state index contributed by atoms with van der Waals surface area (Å²) >= 11 is 0. The molecule has 0 radical (unpaired) electrons. The van der Waals surface area contributed by atoms with E-state index in [1.807, 2.05) is 18.2 Å². The zero-order valence-corrected chi connectivity index (χ0v) is 13.2. The summed E-state index contributed by atoms with van der Waals surface area (Å²) in [5, 5.41) is 1.13. The maximum atomic E-state index is 12.0. The van der Waals surface area contributed by atoms with Crippen molar-refractivity contribution < 1.29 is 0 Å². The van der Waals surface area contributed by atoms with Gasteiger partial charge in [0.05, 0.1) is 0 Å². The molecule has 1 heterocycles.